The van der Waals surface area contributed by atoms with Crippen molar-refractivity contribution >= 4 is 44.8 Å². The Kier molecular flexibility index (Phi) is 6.68. The van der Waals surface area contributed by atoms with Gasteiger partial charge in [0.2, 0.25) is 0 Å². The van der Waals surface area contributed by atoms with E-state index in [-0.39, 0.29) is 0 Å². The summed E-state index contributed by atoms with van der Waals surface area (Å²) in [6.07, 6.45) is 5.66. The summed E-state index contributed by atoms with van der Waals surface area (Å²) in [5.74, 6) is 0. The molecule has 29 heavy (non-hydrogen) atoms. The number of rotatable bonds is 7. The summed E-state index contributed by atoms with van der Waals surface area (Å²) in [5, 5.41) is 1.87. The molecule has 0 aromatic heterocycles. The first-order valence-corrected chi connectivity index (χ1v) is 18.2. The third-order valence-electron chi connectivity index (χ3n) is 5.96. The average Bonchev–Trinajstić information content (AvgIpc) is 2.75. The summed E-state index contributed by atoms with van der Waals surface area (Å²) in [6, 6.07) is 33.6. The van der Waals surface area contributed by atoms with Gasteiger partial charge in [0, 0.05) is 0 Å². The van der Waals surface area contributed by atoms with Crippen molar-refractivity contribution in [3.63, 3.8) is 0 Å². The van der Waals surface area contributed by atoms with Crippen molar-refractivity contribution in [2.45, 2.75) is 38.3 Å². The molecule has 0 aliphatic carbocycles. The van der Waals surface area contributed by atoms with E-state index in [1.54, 1.807) is 0 Å². The summed E-state index contributed by atoms with van der Waals surface area (Å²) in [6.45, 7) is 9.72. The molecule has 0 nitrogen and oxygen atoms in total. The van der Waals surface area contributed by atoms with E-state index in [4.69, 9.17) is 0 Å². The monoisotopic (exact) mass is 482 g/mol. The Labute approximate surface area is 185 Å². The van der Waals surface area contributed by atoms with Crippen LogP contribution in [-0.4, -0.2) is 13.4 Å². The van der Waals surface area contributed by atoms with Crippen LogP contribution in [0.3, 0.4) is 0 Å². The molecule has 3 aromatic rings. The van der Waals surface area contributed by atoms with Gasteiger partial charge in [-0.3, -0.25) is 0 Å². The molecule has 1 unspecified atom stereocenters. The average molecular weight is 484 g/mol. The summed E-state index contributed by atoms with van der Waals surface area (Å²) in [4.78, 5) is 0. The Morgan fingerprint density at radius 3 is 1.34 bits per heavy atom. The molecule has 0 fully saturated rings. The van der Waals surface area contributed by atoms with E-state index in [1.165, 1.54) is 15.9 Å². The van der Waals surface area contributed by atoms with Crippen molar-refractivity contribution in [2.24, 2.45) is 0 Å². The van der Waals surface area contributed by atoms with Gasteiger partial charge >= 0.3 is 186 Å². The maximum atomic E-state index is 4.68. The number of halogens is 1. The summed E-state index contributed by atoms with van der Waals surface area (Å²) in [7, 11) is -1.62. The Hall–Kier alpha value is -1.47. The van der Waals surface area contributed by atoms with Crippen LogP contribution >= 0.6 is 20.8 Å². The zero-order valence-electron chi connectivity index (χ0n) is 17.9. The zero-order valence-corrected chi connectivity index (χ0v) is 21.4. The van der Waals surface area contributed by atoms with Crippen molar-refractivity contribution in [3.8, 4) is 0 Å². The molecule has 0 saturated carbocycles. The molecule has 0 amide bonds. The Morgan fingerprint density at radius 2 is 1.07 bits per heavy atom. The number of benzene rings is 3. The van der Waals surface area contributed by atoms with Gasteiger partial charge in [-0.2, -0.15) is 0 Å². The third-order valence-corrected chi connectivity index (χ3v) is 23.7. The third kappa shape index (κ3) is 3.83. The fraction of sp³-hybridized carbons (Fsp3) is 0.231. The van der Waals surface area contributed by atoms with Crippen LogP contribution < -0.4 is 15.9 Å². The number of allylic oxidation sites excluding steroid dienone is 2. The second-order valence-corrected chi connectivity index (χ2v) is 23.4. The molecular formula is C26H32BrPSi. The molecule has 0 spiro atoms. The van der Waals surface area contributed by atoms with Crippen molar-refractivity contribution in [1.29, 1.82) is 0 Å². The quantitative estimate of drug-likeness (QED) is 0.192. The zero-order chi connectivity index (χ0) is 21.0. The molecule has 0 aliphatic heterocycles. The molecule has 1 atom stereocenters. The van der Waals surface area contributed by atoms with Crippen molar-refractivity contribution < 1.29 is 0 Å². The molecule has 0 N–H and O–H groups in total. The van der Waals surface area contributed by atoms with Gasteiger partial charge in [-0.15, -0.1) is 0 Å². The fourth-order valence-corrected chi connectivity index (χ4v) is 25.6. The molecule has 0 heterocycles. The molecule has 3 rings (SSSR count). The molecule has 0 aliphatic rings. The predicted octanol–water partition coefficient (Wildman–Crippen LogP) is 7.04. The van der Waals surface area contributed by atoms with Crippen molar-refractivity contribution in [2.75, 3.05) is 0 Å². The Balaban J connectivity index is 2.54. The van der Waals surface area contributed by atoms with E-state index in [0.717, 1.165) is 6.42 Å². The molecule has 0 saturated heterocycles. The van der Waals surface area contributed by atoms with E-state index in [9.17, 15) is 0 Å². The van der Waals surface area contributed by atoms with Gasteiger partial charge in [0.05, 0.1) is 0 Å². The van der Waals surface area contributed by atoms with Gasteiger partial charge in [-0.1, -0.05) is 0 Å². The van der Waals surface area contributed by atoms with Gasteiger partial charge in [-0.25, -0.2) is 0 Å². The van der Waals surface area contributed by atoms with Crippen LogP contribution in [0.15, 0.2) is 103 Å². The van der Waals surface area contributed by atoms with E-state index in [2.05, 4.69) is 145 Å². The van der Waals surface area contributed by atoms with Crippen LogP contribution in [0.2, 0.25) is 19.6 Å². The normalized spacial score (nSPS) is 15.0. The van der Waals surface area contributed by atoms with Crippen LogP contribution in [0.1, 0.15) is 13.3 Å². The molecule has 3 heteroatoms. The minimum atomic E-state index is -2.93. The summed E-state index contributed by atoms with van der Waals surface area (Å²) in [5.41, 5.74) is 0. The SMILES string of the molecule is C/C=C/CC([Si](C)(C)C)P(Br)(c1ccccc1)(c1ccccc1)c1ccccc1. The van der Waals surface area contributed by atoms with E-state index in [1.807, 2.05) is 0 Å². The second-order valence-electron chi connectivity index (χ2n) is 8.77. The first kappa shape index (κ1) is 22.2. The summed E-state index contributed by atoms with van der Waals surface area (Å²) >= 11 is 4.68. The maximum absolute atomic E-state index is 4.68. The van der Waals surface area contributed by atoms with Gasteiger partial charge < -0.3 is 0 Å². The summed E-state index contributed by atoms with van der Waals surface area (Å²) < 4.78 is 0. The van der Waals surface area contributed by atoms with Crippen LogP contribution in [0, 0.1) is 0 Å². The number of hydrogen-bond acceptors (Lipinski definition) is 0. The van der Waals surface area contributed by atoms with Crippen LogP contribution in [0.25, 0.3) is 0 Å². The standard InChI is InChI=1S/C26H32BrPSi/c1-5-6-22-26(29(2,3)4)28(27,23-16-10-7-11-17-23,24-18-12-8-13-19-24)25-20-14-9-15-21-25/h5-21,26H,22H2,1-4H3/b6-5+. The molecule has 3 aromatic carbocycles. The number of hydrogen-bond donors (Lipinski definition) is 0. The minimum absolute atomic E-state index is 0.525. The van der Waals surface area contributed by atoms with Crippen molar-refractivity contribution in [1.82, 2.24) is 0 Å². The molecular weight excluding hydrogens is 451 g/mol. The molecule has 0 radical (unpaired) electrons. The van der Waals surface area contributed by atoms with Gasteiger partial charge in [0.15, 0.2) is 0 Å². The van der Waals surface area contributed by atoms with E-state index < -0.39 is 13.4 Å². The second kappa shape index (κ2) is 8.72. The topological polar surface area (TPSA) is 0 Å². The van der Waals surface area contributed by atoms with Crippen molar-refractivity contribution in [3.05, 3.63) is 103 Å². The van der Waals surface area contributed by atoms with E-state index >= 15 is 0 Å². The first-order valence-electron chi connectivity index (χ1n) is 10.3. The van der Waals surface area contributed by atoms with Gasteiger partial charge in [0.1, 0.15) is 0 Å². The predicted molar refractivity (Wildman–Crippen MR) is 141 cm³/mol. The van der Waals surface area contributed by atoms with Crippen LogP contribution in [0.5, 0.6) is 0 Å². The first-order chi connectivity index (χ1) is 13.8. The van der Waals surface area contributed by atoms with Crippen LogP contribution in [0.4, 0.5) is 0 Å². The Bertz CT molecular complexity index is 847. The van der Waals surface area contributed by atoms with Gasteiger partial charge in [0.25, 0.3) is 0 Å². The molecule has 0 bridgehead atoms. The Morgan fingerprint density at radius 1 is 0.724 bits per heavy atom. The fourth-order valence-electron chi connectivity index (χ4n) is 4.69. The van der Waals surface area contributed by atoms with Crippen LogP contribution in [-0.2, 0) is 0 Å². The molecule has 152 valence electrons. The van der Waals surface area contributed by atoms with Gasteiger partial charge in [-0.05, 0) is 0 Å². The van der Waals surface area contributed by atoms with E-state index in [0.29, 0.717) is 5.28 Å².